The molecule has 0 aromatic heterocycles. The molecule has 1 aliphatic rings. The van der Waals surface area contributed by atoms with Crippen molar-refractivity contribution in [1.82, 2.24) is 4.90 Å². The standard InChI is InChI=1S/C15H19ClFNO2/c16-12-7-5-6-11(15(12)17)13(10-14(19)20)18-8-3-1-2-4-9-18/h5-7,13H,1-4,8-10H2,(H,19,20). The van der Waals surface area contributed by atoms with Crippen LogP contribution in [0.1, 0.15) is 43.7 Å². The van der Waals surface area contributed by atoms with E-state index < -0.39 is 17.8 Å². The molecule has 20 heavy (non-hydrogen) atoms. The van der Waals surface area contributed by atoms with E-state index in [-0.39, 0.29) is 11.4 Å². The number of hydrogen-bond acceptors (Lipinski definition) is 2. The van der Waals surface area contributed by atoms with Crippen LogP contribution in [0.15, 0.2) is 18.2 Å². The van der Waals surface area contributed by atoms with Gasteiger partial charge in [-0.15, -0.1) is 0 Å². The fourth-order valence-corrected chi connectivity index (χ4v) is 2.97. The van der Waals surface area contributed by atoms with E-state index in [2.05, 4.69) is 4.90 Å². The average Bonchev–Trinajstić information content (AvgIpc) is 2.68. The molecule has 1 atom stereocenters. The first kappa shape index (κ1) is 15.3. The molecule has 0 spiro atoms. The second-order valence-corrected chi connectivity index (χ2v) is 5.61. The van der Waals surface area contributed by atoms with Gasteiger partial charge in [-0.2, -0.15) is 0 Å². The number of carboxylic acids is 1. The zero-order valence-corrected chi connectivity index (χ0v) is 12.1. The Hall–Kier alpha value is -1.13. The molecule has 0 radical (unpaired) electrons. The van der Waals surface area contributed by atoms with Gasteiger partial charge in [0.1, 0.15) is 5.82 Å². The van der Waals surface area contributed by atoms with Gasteiger partial charge in [-0.1, -0.05) is 36.6 Å². The van der Waals surface area contributed by atoms with E-state index in [0.717, 1.165) is 38.8 Å². The smallest absolute Gasteiger partial charge is 0.305 e. The lowest BCUT2D eigenvalue weighted by atomic mass is 10.0. The molecule has 1 aromatic carbocycles. The SMILES string of the molecule is O=C(O)CC(c1cccc(Cl)c1F)N1CCCCCC1. The highest BCUT2D eigenvalue weighted by atomic mass is 35.5. The fraction of sp³-hybridized carbons (Fsp3) is 0.533. The lowest BCUT2D eigenvalue weighted by Gasteiger charge is -2.30. The molecule has 0 aliphatic carbocycles. The summed E-state index contributed by atoms with van der Waals surface area (Å²) >= 11 is 5.82. The van der Waals surface area contributed by atoms with Crippen LogP contribution in [-0.4, -0.2) is 29.1 Å². The van der Waals surface area contributed by atoms with Crippen LogP contribution in [0.3, 0.4) is 0 Å². The van der Waals surface area contributed by atoms with Crippen molar-refractivity contribution in [2.75, 3.05) is 13.1 Å². The van der Waals surface area contributed by atoms with E-state index in [1.807, 2.05) is 0 Å². The first-order valence-electron chi connectivity index (χ1n) is 6.99. The van der Waals surface area contributed by atoms with E-state index in [0.29, 0.717) is 5.56 Å². The molecule has 3 nitrogen and oxygen atoms in total. The van der Waals surface area contributed by atoms with Gasteiger partial charge in [-0.25, -0.2) is 4.39 Å². The molecule has 1 aromatic rings. The highest BCUT2D eigenvalue weighted by Crippen LogP contribution is 2.31. The van der Waals surface area contributed by atoms with Gasteiger partial charge in [0.25, 0.3) is 0 Å². The molecule has 1 N–H and O–H groups in total. The van der Waals surface area contributed by atoms with Gasteiger partial charge in [0, 0.05) is 11.6 Å². The molecule has 1 saturated heterocycles. The maximum atomic E-state index is 14.2. The topological polar surface area (TPSA) is 40.5 Å². The summed E-state index contributed by atoms with van der Waals surface area (Å²) in [7, 11) is 0. The van der Waals surface area contributed by atoms with Crippen molar-refractivity contribution in [2.45, 2.75) is 38.1 Å². The summed E-state index contributed by atoms with van der Waals surface area (Å²) < 4.78 is 14.2. The van der Waals surface area contributed by atoms with Gasteiger partial charge in [-0.3, -0.25) is 9.69 Å². The normalized spacial score (nSPS) is 18.5. The fourth-order valence-electron chi connectivity index (χ4n) is 2.79. The van der Waals surface area contributed by atoms with Gasteiger partial charge >= 0.3 is 5.97 Å². The average molecular weight is 300 g/mol. The number of nitrogens with zero attached hydrogens (tertiary/aromatic N) is 1. The predicted octanol–water partition coefficient (Wildman–Crippen LogP) is 3.87. The zero-order chi connectivity index (χ0) is 14.5. The maximum absolute atomic E-state index is 14.2. The monoisotopic (exact) mass is 299 g/mol. The Morgan fingerprint density at radius 3 is 2.55 bits per heavy atom. The van der Waals surface area contributed by atoms with Crippen LogP contribution in [0, 0.1) is 5.82 Å². The van der Waals surface area contributed by atoms with Crippen LogP contribution in [-0.2, 0) is 4.79 Å². The molecule has 1 aliphatic heterocycles. The molecule has 0 bridgehead atoms. The van der Waals surface area contributed by atoms with Crippen molar-refractivity contribution in [1.29, 1.82) is 0 Å². The Balaban J connectivity index is 2.30. The molecular formula is C15H19ClFNO2. The van der Waals surface area contributed by atoms with Gasteiger partial charge < -0.3 is 5.11 Å². The van der Waals surface area contributed by atoms with Crippen LogP contribution in [0.5, 0.6) is 0 Å². The highest BCUT2D eigenvalue weighted by Gasteiger charge is 2.27. The van der Waals surface area contributed by atoms with Gasteiger partial charge in [0.15, 0.2) is 0 Å². The third-order valence-electron chi connectivity index (χ3n) is 3.79. The van der Waals surface area contributed by atoms with Crippen molar-refractivity contribution in [3.63, 3.8) is 0 Å². The predicted molar refractivity (Wildman–Crippen MR) is 76.4 cm³/mol. The van der Waals surface area contributed by atoms with Crippen molar-refractivity contribution in [2.24, 2.45) is 0 Å². The molecule has 1 unspecified atom stereocenters. The Labute approximate surface area is 123 Å². The molecule has 1 heterocycles. The quantitative estimate of drug-likeness (QED) is 0.917. The van der Waals surface area contributed by atoms with Crippen molar-refractivity contribution >= 4 is 17.6 Å². The number of hydrogen-bond donors (Lipinski definition) is 1. The zero-order valence-electron chi connectivity index (χ0n) is 11.3. The Bertz CT molecular complexity index is 473. The second-order valence-electron chi connectivity index (χ2n) is 5.21. The summed E-state index contributed by atoms with van der Waals surface area (Å²) in [4.78, 5) is 13.2. The maximum Gasteiger partial charge on any atom is 0.305 e. The van der Waals surface area contributed by atoms with Gasteiger partial charge in [0.2, 0.25) is 0 Å². The van der Waals surface area contributed by atoms with Crippen LogP contribution < -0.4 is 0 Å². The van der Waals surface area contributed by atoms with Crippen LogP contribution in [0.2, 0.25) is 5.02 Å². The van der Waals surface area contributed by atoms with E-state index in [1.165, 1.54) is 6.07 Å². The minimum atomic E-state index is -0.918. The van der Waals surface area contributed by atoms with Crippen molar-refractivity contribution in [3.8, 4) is 0 Å². The third-order valence-corrected chi connectivity index (χ3v) is 4.08. The summed E-state index contributed by atoms with van der Waals surface area (Å²) in [6.07, 6.45) is 4.25. The molecule has 110 valence electrons. The van der Waals surface area contributed by atoms with E-state index in [4.69, 9.17) is 16.7 Å². The Morgan fingerprint density at radius 2 is 1.95 bits per heavy atom. The second kappa shape index (κ2) is 7.04. The van der Waals surface area contributed by atoms with E-state index >= 15 is 0 Å². The minimum Gasteiger partial charge on any atom is -0.481 e. The summed E-state index contributed by atoms with van der Waals surface area (Å²) in [5.41, 5.74) is 0.391. The first-order valence-corrected chi connectivity index (χ1v) is 7.37. The third kappa shape index (κ3) is 3.70. The Morgan fingerprint density at radius 1 is 1.30 bits per heavy atom. The van der Waals surface area contributed by atoms with Crippen molar-refractivity contribution in [3.05, 3.63) is 34.6 Å². The van der Waals surface area contributed by atoms with Crippen LogP contribution in [0.4, 0.5) is 4.39 Å². The molecular weight excluding hydrogens is 281 g/mol. The largest absolute Gasteiger partial charge is 0.481 e. The number of rotatable bonds is 4. The highest BCUT2D eigenvalue weighted by molar-refractivity contribution is 6.30. The van der Waals surface area contributed by atoms with Crippen LogP contribution >= 0.6 is 11.6 Å². The summed E-state index contributed by atoms with van der Waals surface area (Å²) in [6, 6.07) is 4.36. The lowest BCUT2D eigenvalue weighted by Crippen LogP contribution is -2.32. The van der Waals surface area contributed by atoms with Crippen molar-refractivity contribution < 1.29 is 14.3 Å². The molecule has 5 heteroatoms. The first-order chi connectivity index (χ1) is 9.59. The molecule has 2 rings (SSSR count). The Kier molecular flexibility index (Phi) is 5.38. The number of aliphatic carboxylic acids is 1. The molecule has 0 amide bonds. The van der Waals surface area contributed by atoms with E-state index in [9.17, 15) is 9.18 Å². The molecule has 0 saturated carbocycles. The number of benzene rings is 1. The summed E-state index contributed by atoms with van der Waals surface area (Å²) in [5.74, 6) is -1.41. The minimum absolute atomic E-state index is 0.0488. The number of halogens is 2. The summed E-state index contributed by atoms with van der Waals surface area (Å²) in [6.45, 7) is 1.62. The van der Waals surface area contributed by atoms with Gasteiger partial charge in [0.05, 0.1) is 11.4 Å². The lowest BCUT2D eigenvalue weighted by molar-refractivity contribution is -0.138. The number of likely N-dealkylation sites (tertiary alicyclic amines) is 1. The molecule has 1 fully saturated rings. The van der Waals surface area contributed by atoms with Crippen LogP contribution in [0.25, 0.3) is 0 Å². The van der Waals surface area contributed by atoms with Gasteiger partial charge in [-0.05, 0) is 32.0 Å². The van der Waals surface area contributed by atoms with E-state index in [1.54, 1.807) is 12.1 Å². The number of carboxylic acid groups (broad SMARTS) is 1. The summed E-state index contributed by atoms with van der Waals surface area (Å²) in [5, 5.41) is 9.17. The number of carbonyl (C=O) groups is 1.